The fourth-order valence-electron chi connectivity index (χ4n) is 3.81. The predicted molar refractivity (Wildman–Crippen MR) is 107 cm³/mol. The number of aromatic nitrogens is 3. The second kappa shape index (κ2) is 7.62. The Bertz CT molecular complexity index is 971. The van der Waals surface area contributed by atoms with Gasteiger partial charge < -0.3 is 9.84 Å². The van der Waals surface area contributed by atoms with E-state index in [0.29, 0.717) is 17.3 Å². The van der Waals surface area contributed by atoms with Crippen LogP contribution in [0, 0.1) is 12.8 Å². The molecule has 2 atom stereocenters. The number of aryl methyl sites for hydroxylation is 2. The van der Waals surface area contributed by atoms with Gasteiger partial charge in [0, 0.05) is 18.2 Å². The second-order valence-electron chi connectivity index (χ2n) is 7.70. The van der Waals surface area contributed by atoms with Crippen LogP contribution in [0.25, 0.3) is 0 Å². The van der Waals surface area contributed by atoms with E-state index in [2.05, 4.69) is 60.6 Å². The Morgan fingerprint density at radius 1 is 1.36 bits per heavy atom. The molecule has 0 fully saturated rings. The molecule has 6 heteroatoms. The fourth-order valence-corrected chi connectivity index (χ4v) is 3.81. The molecule has 2 unspecified atom stereocenters. The molecule has 0 saturated carbocycles. The number of hydrogen-bond donors (Lipinski definition) is 1. The summed E-state index contributed by atoms with van der Waals surface area (Å²) in [5.41, 5.74) is 4.43. The highest BCUT2D eigenvalue weighted by Gasteiger charge is 2.28. The average molecular weight is 378 g/mol. The Hall–Kier alpha value is -2.89. The smallest absolute Gasteiger partial charge is 0.278 e. The molecular formula is C22H26N4O2. The first kappa shape index (κ1) is 18.5. The summed E-state index contributed by atoms with van der Waals surface area (Å²) in [5, 5.41) is 11.4. The highest BCUT2D eigenvalue weighted by molar-refractivity contribution is 6.03. The van der Waals surface area contributed by atoms with Gasteiger partial charge in [-0.05, 0) is 38.2 Å². The molecule has 0 aliphatic heterocycles. The van der Waals surface area contributed by atoms with Crippen LogP contribution in [-0.2, 0) is 12.8 Å². The van der Waals surface area contributed by atoms with E-state index in [1.807, 2.05) is 10.9 Å². The summed E-state index contributed by atoms with van der Waals surface area (Å²) in [4.78, 5) is 12.8. The van der Waals surface area contributed by atoms with Crippen molar-refractivity contribution in [1.82, 2.24) is 14.9 Å². The van der Waals surface area contributed by atoms with Crippen molar-refractivity contribution in [2.75, 3.05) is 5.32 Å². The van der Waals surface area contributed by atoms with E-state index in [1.165, 1.54) is 11.1 Å². The van der Waals surface area contributed by atoms with Crippen molar-refractivity contribution >= 4 is 11.6 Å². The minimum atomic E-state index is -0.232. The monoisotopic (exact) mass is 378 g/mol. The lowest BCUT2D eigenvalue weighted by molar-refractivity contribution is 0.101. The molecule has 2 aromatic heterocycles. The topological polar surface area (TPSA) is 73.0 Å². The number of fused-ring (bicyclic) bond motifs is 1. The normalized spacial score (nSPS) is 17.2. The Balaban J connectivity index is 1.48. The Morgan fingerprint density at radius 3 is 2.89 bits per heavy atom. The van der Waals surface area contributed by atoms with Gasteiger partial charge in [0.15, 0.2) is 5.69 Å². The van der Waals surface area contributed by atoms with Crippen LogP contribution in [-0.4, -0.2) is 20.8 Å². The summed E-state index contributed by atoms with van der Waals surface area (Å²) in [7, 11) is 0. The molecule has 146 valence electrons. The van der Waals surface area contributed by atoms with Gasteiger partial charge in [0.2, 0.25) is 0 Å². The van der Waals surface area contributed by atoms with Crippen LogP contribution < -0.4 is 5.32 Å². The first-order valence-electron chi connectivity index (χ1n) is 9.94. The second-order valence-corrected chi connectivity index (χ2v) is 7.70. The standard InChI is InChI=1S/C22H26N4O2/c1-4-16-7-10-20-19(11-16)21(25-28-20)22(27)24-18-12-23-26(13-18)15(3)17-8-5-14(2)6-9-17/h5-6,8-9,12-13,15-16H,4,7,10-11H2,1-3H3,(H,24,27). The van der Waals surface area contributed by atoms with Crippen molar-refractivity contribution in [2.45, 2.75) is 52.5 Å². The minimum absolute atomic E-state index is 0.0800. The molecule has 28 heavy (non-hydrogen) atoms. The van der Waals surface area contributed by atoms with Gasteiger partial charge in [-0.15, -0.1) is 0 Å². The van der Waals surface area contributed by atoms with Crippen molar-refractivity contribution in [3.8, 4) is 0 Å². The molecular weight excluding hydrogens is 352 g/mol. The molecule has 0 spiro atoms. The highest BCUT2D eigenvalue weighted by atomic mass is 16.5. The molecule has 6 nitrogen and oxygen atoms in total. The van der Waals surface area contributed by atoms with Crippen molar-refractivity contribution in [3.05, 3.63) is 64.8 Å². The quantitative estimate of drug-likeness (QED) is 0.706. The molecule has 1 aliphatic carbocycles. The van der Waals surface area contributed by atoms with E-state index >= 15 is 0 Å². The Kier molecular flexibility index (Phi) is 5.03. The molecule has 1 amide bonds. The van der Waals surface area contributed by atoms with Gasteiger partial charge in [0.1, 0.15) is 5.76 Å². The molecule has 0 bridgehead atoms. The number of carbonyl (C=O) groups excluding carboxylic acids is 1. The first-order valence-corrected chi connectivity index (χ1v) is 9.94. The predicted octanol–water partition coefficient (Wildman–Crippen LogP) is 4.56. The molecule has 0 saturated heterocycles. The van der Waals surface area contributed by atoms with E-state index in [9.17, 15) is 4.79 Å². The summed E-state index contributed by atoms with van der Waals surface area (Å²) in [6.07, 6.45) is 7.45. The van der Waals surface area contributed by atoms with E-state index in [4.69, 9.17) is 4.52 Å². The summed E-state index contributed by atoms with van der Waals surface area (Å²) < 4.78 is 7.27. The number of nitrogens with one attached hydrogen (secondary N) is 1. The zero-order chi connectivity index (χ0) is 19.7. The third kappa shape index (κ3) is 3.59. The molecule has 2 heterocycles. The van der Waals surface area contributed by atoms with Gasteiger partial charge in [-0.1, -0.05) is 48.3 Å². The van der Waals surface area contributed by atoms with Crippen LogP contribution in [0.1, 0.15) is 65.7 Å². The van der Waals surface area contributed by atoms with E-state index in [0.717, 1.165) is 37.0 Å². The summed E-state index contributed by atoms with van der Waals surface area (Å²) in [6.45, 7) is 6.34. The summed E-state index contributed by atoms with van der Waals surface area (Å²) in [6, 6.07) is 8.47. The Morgan fingerprint density at radius 2 is 2.14 bits per heavy atom. The minimum Gasteiger partial charge on any atom is -0.360 e. The molecule has 0 radical (unpaired) electrons. The molecule has 1 N–H and O–H groups in total. The number of benzene rings is 1. The van der Waals surface area contributed by atoms with Gasteiger partial charge in [0.05, 0.1) is 17.9 Å². The number of anilines is 1. The van der Waals surface area contributed by atoms with Gasteiger partial charge >= 0.3 is 0 Å². The first-order chi connectivity index (χ1) is 13.5. The lowest BCUT2D eigenvalue weighted by atomic mass is 9.85. The number of amides is 1. The number of rotatable bonds is 5. The number of nitrogens with zero attached hydrogens (tertiary/aromatic N) is 3. The molecule has 3 aromatic rings. The van der Waals surface area contributed by atoms with Crippen LogP contribution in [0.5, 0.6) is 0 Å². The highest BCUT2D eigenvalue weighted by Crippen LogP contribution is 2.30. The summed E-state index contributed by atoms with van der Waals surface area (Å²) >= 11 is 0. The number of carbonyl (C=O) groups is 1. The van der Waals surface area contributed by atoms with Gasteiger partial charge in [0.25, 0.3) is 5.91 Å². The molecule has 1 aromatic carbocycles. The van der Waals surface area contributed by atoms with E-state index < -0.39 is 0 Å². The molecule has 1 aliphatic rings. The van der Waals surface area contributed by atoms with Crippen LogP contribution >= 0.6 is 0 Å². The average Bonchev–Trinajstić information content (AvgIpc) is 3.34. The van der Waals surface area contributed by atoms with E-state index in [1.54, 1.807) is 6.20 Å². The largest absolute Gasteiger partial charge is 0.360 e. The van der Waals surface area contributed by atoms with Crippen molar-refractivity contribution in [2.24, 2.45) is 5.92 Å². The van der Waals surface area contributed by atoms with Crippen LogP contribution in [0.15, 0.2) is 41.2 Å². The molecule has 4 rings (SSSR count). The van der Waals surface area contributed by atoms with Crippen molar-refractivity contribution in [3.63, 3.8) is 0 Å². The Labute approximate surface area is 164 Å². The SMILES string of the molecule is CCC1CCc2onc(C(=O)Nc3cnn(C(C)c4ccc(C)cc4)c3)c2C1. The van der Waals surface area contributed by atoms with Gasteiger partial charge in [-0.3, -0.25) is 9.48 Å². The van der Waals surface area contributed by atoms with Crippen LogP contribution in [0.2, 0.25) is 0 Å². The third-order valence-corrected chi connectivity index (χ3v) is 5.75. The zero-order valence-corrected chi connectivity index (χ0v) is 16.6. The maximum Gasteiger partial charge on any atom is 0.278 e. The fraction of sp³-hybridized carbons (Fsp3) is 0.409. The van der Waals surface area contributed by atoms with Crippen molar-refractivity contribution < 1.29 is 9.32 Å². The van der Waals surface area contributed by atoms with Gasteiger partial charge in [-0.25, -0.2) is 0 Å². The van der Waals surface area contributed by atoms with E-state index in [-0.39, 0.29) is 11.9 Å². The maximum absolute atomic E-state index is 12.8. The summed E-state index contributed by atoms with van der Waals surface area (Å²) in [5.74, 6) is 1.22. The third-order valence-electron chi connectivity index (χ3n) is 5.75. The van der Waals surface area contributed by atoms with Gasteiger partial charge in [-0.2, -0.15) is 5.10 Å². The zero-order valence-electron chi connectivity index (χ0n) is 16.6. The lowest BCUT2D eigenvalue weighted by Gasteiger charge is -2.19. The lowest BCUT2D eigenvalue weighted by Crippen LogP contribution is -2.18. The maximum atomic E-state index is 12.8. The van der Waals surface area contributed by atoms with Crippen molar-refractivity contribution in [1.29, 1.82) is 0 Å². The van der Waals surface area contributed by atoms with Crippen LogP contribution in [0.3, 0.4) is 0 Å². The number of hydrogen-bond acceptors (Lipinski definition) is 4. The van der Waals surface area contributed by atoms with Crippen LogP contribution in [0.4, 0.5) is 5.69 Å².